The minimum atomic E-state index is 0.296. The summed E-state index contributed by atoms with van der Waals surface area (Å²) < 4.78 is 0. The Kier molecular flexibility index (Phi) is 7.16. The SMILES string of the molecule is CSC1CCCCCCCCCCC1=O. The van der Waals surface area contributed by atoms with Crippen molar-refractivity contribution in [3.8, 4) is 0 Å². The van der Waals surface area contributed by atoms with Gasteiger partial charge in [-0.2, -0.15) is 11.8 Å². The molecule has 0 heterocycles. The van der Waals surface area contributed by atoms with Crippen LogP contribution in [-0.2, 0) is 4.79 Å². The Morgan fingerprint density at radius 1 is 0.933 bits per heavy atom. The fourth-order valence-electron chi connectivity index (χ4n) is 2.26. The van der Waals surface area contributed by atoms with Crippen LogP contribution >= 0.6 is 11.8 Å². The summed E-state index contributed by atoms with van der Waals surface area (Å²) in [5.74, 6) is 0.503. The van der Waals surface area contributed by atoms with Crippen molar-refractivity contribution in [2.45, 2.75) is 69.5 Å². The van der Waals surface area contributed by atoms with Crippen molar-refractivity contribution in [3.05, 3.63) is 0 Å². The minimum Gasteiger partial charge on any atom is -0.298 e. The Balaban J connectivity index is 2.34. The molecule has 1 rings (SSSR count). The van der Waals surface area contributed by atoms with Crippen molar-refractivity contribution in [1.82, 2.24) is 0 Å². The van der Waals surface area contributed by atoms with Crippen molar-refractivity contribution < 1.29 is 4.79 Å². The lowest BCUT2D eigenvalue weighted by atomic mass is 10.0. The summed E-state index contributed by atoms with van der Waals surface area (Å²) in [6.45, 7) is 0. The lowest BCUT2D eigenvalue weighted by Crippen LogP contribution is -2.16. The largest absolute Gasteiger partial charge is 0.298 e. The van der Waals surface area contributed by atoms with Gasteiger partial charge >= 0.3 is 0 Å². The standard InChI is InChI=1S/C13H24OS/c1-15-13-11-9-7-5-3-2-4-6-8-10-12(13)14/h13H,2-11H2,1H3. The van der Waals surface area contributed by atoms with Crippen LogP contribution in [0.4, 0.5) is 0 Å². The molecule has 2 heteroatoms. The molecule has 0 aromatic heterocycles. The molecule has 0 saturated heterocycles. The molecule has 1 nitrogen and oxygen atoms in total. The first-order chi connectivity index (χ1) is 7.34. The van der Waals surface area contributed by atoms with Crippen LogP contribution in [0.5, 0.6) is 0 Å². The van der Waals surface area contributed by atoms with Gasteiger partial charge in [0.05, 0.1) is 5.25 Å². The van der Waals surface area contributed by atoms with E-state index in [2.05, 4.69) is 6.26 Å². The van der Waals surface area contributed by atoms with E-state index in [1.165, 1.54) is 44.9 Å². The highest BCUT2D eigenvalue weighted by molar-refractivity contribution is 7.99. The summed E-state index contributed by atoms with van der Waals surface area (Å²) >= 11 is 1.75. The quantitative estimate of drug-likeness (QED) is 0.669. The van der Waals surface area contributed by atoms with E-state index in [1.54, 1.807) is 11.8 Å². The number of ketones is 1. The van der Waals surface area contributed by atoms with Gasteiger partial charge < -0.3 is 0 Å². The van der Waals surface area contributed by atoms with Gasteiger partial charge in [0.25, 0.3) is 0 Å². The first kappa shape index (κ1) is 13.1. The average molecular weight is 228 g/mol. The van der Waals surface area contributed by atoms with Gasteiger partial charge in [0.1, 0.15) is 5.78 Å². The van der Waals surface area contributed by atoms with Gasteiger partial charge in [-0.05, 0) is 19.1 Å². The van der Waals surface area contributed by atoms with Gasteiger partial charge in [0, 0.05) is 6.42 Å². The number of thioether (sulfide) groups is 1. The van der Waals surface area contributed by atoms with Crippen molar-refractivity contribution >= 4 is 17.5 Å². The lowest BCUT2D eigenvalue weighted by Gasteiger charge is -2.14. The Hall–Kier alpha value is 0.0200. The molecule has 1 aliphatic carbocycles. The second-order valence-electron chi connectivity index (χ2n) is 4.56. The molecule has 0 N–H and O–H groups in total. The van der Waals surface area contributed by atoms with E-state index in [9.17, 15) is 4.79 Å². The zero-order valence-electron chi connectivity index (χ0n) is 9.96. The van der Waals surface area contributed by atoms with E-state index in [0.717, 1.165) is 19.3 Å². The molecule has 88 valence electrons. The summed E-state index contributed by atoms with van der Waals surface area (Å²) in [4.78, 5) is 11.8. The molecule has 0 spiro atoms. The van der Waals surface area contributed by atoms with Gasteiger partial charge in [-0.15, -0.1) is 0 Å². The Morgan fingerprint density at radius 3 is 2.07 bits per heavy atom. The molecule has 0 amide bonds. The van der Waals surface area contributed by atoms with Crippen LogP contribution in [0.25, 0.3) is 0 Å². The van der Waals surface area contributed by atoms with E-state index in [4.69, 9.17) is 0 Å². The molecular formula is C13H24OS. The summed E-state index contributed by atoms with van der Waals surface area (Å²) in [5.41, 5.74) is 0. The molecule has 1 saturated carbocycles. The predicted molar refractivity (Wildman–Crippen MR) is 68.5 cm³/mol. The zero-order valence-corrected chi connectivity index (χ0v) is 10.8. The van der Waals surface area contributed by atoms with Crippen LogP contribution in [0.2, 0.25) is 0 Å². The second kappa shape index (κ2) is 8.20. The maximum Gasteiger partial charge on any atom is 0.145 e. The topological polar surface area (TPSA) is 17.1 Å². The Morgan fingerprint density at radius 2 is 1.47 bits per heavy atom. The van der Waals surface area contributed by atoms with Crippen molar-refractivity contribution in [2.75, 3.05) is 6.26 Å². The number of rotatable bonds is 1. The average Bonchev–Trinajstić information content (AvgIpc) is 2.23. The van der Waals surface area contributed by atoms with E-state index < -0.39 is 0 Å². The van der Waals surface area contributed by atoms with Crippen molar-refractivity contribution in [2.24, 2.45) is 0 Å². The molecule has 0 radical (unpaired) electrons. The number of carbonyl (C=O) groups excluding carboxylic acids is 1. The third-order valence-electron chi connectivity index (χ3n) is 3.28. The van der Waals surface area contributed by atoms with E-state index in [0.29, 0.717) is 11.0 Å². The number of hydrogen-bond acceptors (Lipinski definition) is 2. The van der Waals surface area contributed by atoms with Crippen LogP contribution in [-0.4, -0.2) is 17.3 Å². The molecule has 1 aliphatic rings. The third-order valence-corrected chi connectivity index (χ3v) is 4.35. The maximum atomic E-state index is 11.8. The van der Waals surface area contributed by atoms with Gasteiger partial charge in [-0.1, -0.05) is 44.9 Å². The molecule has 0 aromatic rings. The van der Waals surface area contributed by atoms with Gasteiger partial charge in [0.2, 0.25) is 0 Å². The van der Waals surface area contributed by atoms with Gasteiger partial charge in [-0.3, -0.25) is 4.79 Å². The van der Waals surface area contributed by atoms with E-state index in [-0.39, 0.29) is 0 Å². The van der Waals surface area contributed by atoms with Crippen LogP contribution < -0.4 is 0 Å². The highest BCUT2D eigenvalue weighted by atomic mass is 32.2. The van der Waals surface area contributed by atoms with Crippen LogP contribution in [0.1, 0.15) is 64.2 Å². The highest BCUT2D eigenvalue weighted by Crippen LogP contribution is 2.21. The minimum absolute atomic E-state index is 0.296. The molecule has 0 aliphatic heterocycles. The number of carbonyl (C=O) groups is 1. The molecule has 1 unspecified atom stereocenters. The first-order valence-corrected chi connectivity index (χ1v) is 7.69. The van der Waals surface area contributed by atoms with Gasteiger partial charge in [-0.25, -0.2) is 0 Å². The highest BCUT2D eigenvalue weighted by Gasteiger charge is 2.16. The first-order valence-electron chi connectivity index (χ1n) is 6.40. The molecular weight excluding hydrogens is 204 g/mol. The predicted octanol–water partition coefficient (Wildman–Crippen LogP) is 4.20. The van der Waals surface area contributed by atoms with Crippen LogP contribution in [0, 0.1) is 0 Å². The number of hydrogen-bond donors (Lipinski definition) is 0. The van der Waals surface area contributed by atoms with Crippen LogP contribution in [0.3, 0.4) is 0 Å². The number of Topliss-reactive ketones (excluding diaryl/α,β-unsaturated/α-hetero) is 1. The van der Waals surface area contributed by atoms with Gasteiger partial charge in [0.15, 0.2) is 0 Å². The summed E-state index contributed by atoms with van der Waals surface area (Å²) in [7, 11) is 0. The fraction of sp³-hybridized carbons (Fsp3) is 0.923. The second-order valence-corrected chi connectivity index (χ2v) is 5.60. The fourth-order valence-corrected chi connectivity index (χ4v) is 3.04. The molecule has 1 fully saturated rings. The van der Waals surface area contributed by atoms with Crippen molar-refractivity contribution in [1.29, 1.82) is 0 Å². The summed E-state index contributed by atoms with van der Waals surface area (Å²) in [6.07, 6.45) is 14.4. The van der Waals surface area contributed by atoms with E-state index in [1.807, 2.05) is 0 Å². The Labute approximate surface area is 98.4 Å². The molecule has 0 aromatic carbocycles. The smallest absolute Gasteiger partial charge is 0.145 e. The molecule has 0 bridgehead atoms. The maximum absolute atomic E-state index is 11.8. The van der Waals surface area contributed by atoms with Crippen LogP contribution in [0.15, 0.2) is 0 Å². The normalized spacial score (nSPS) is 26.7. The van der Waals surface area contributed by atoms with E-state index >= 15 is 0 Å². The molecule has 15 heavy (non-hydrogen) atoms. The Bertz CT molecular complexity index is 179. The zero-order chi connectivity index (χ0) is 10.9. The molecule has 1 atom stereocenters. The van der Waals surface area contributed by atoms with Crippen molar-refractivity contribution in [3.63, 3.8) is 0 Å². The monoisotopic (exact) mass is 228 g/mol. The third kappa shape index (κ3) is 5.60. The summed E-state index contributed by atoms with van der Waals surface area (Å²) in [6, 6.07) is 0. The summed E-state index contributed by atoms with van der Waals surface area (Å²) in [5, 5.41) is 0.296. The lowest BCUT2D eigenvalue weighted by molar-refractivity contribution is -0.118.